The molecule has 1 aliphatic rings. The predicted octanol–water partition coefficient (Wildman–Crippen LogP) is 2.68. The van der Waals surface area contributed by atoms with Crippen molar-refractivity contribution in [3.63, 3.8) is 0 Å². The van der Waals surface area contributed by atoms with Crippen LogP contribution in [0.3, 0.4) is 0 Å². The third kappa shape index (κ3) is 3.61. The van der Waals surface area contributed by atoms with E-state index in [2.05, 4.69) is 5.32 Å². The lowest BCUT2D eigenvalue weighted by Crippen LogP contribution is -2.54. The second-order valence-corrected chi connectivity index (χ2v) is 5.35. The first-order chi connectivity index (χ1) is 7.98. The van der Waals surface area contributed by atoms with Gasteiger partial charge in [0.25, 0.3) is 5.91 Å². The molecule has 1 amide bonds. The quantitative estimate of drug-likeness (QED) is 0.899. The number of benzene rings is 1. The van der Waals surface area contributed by atoms with E-state index in [-0.39, 0.29) is 23.9 Å². The van der Waals surface area contributed by atoms with E-state index in [9.17, 15) is 4.79 Å². The fourth-order valence-corrected chi connectivity index (χ4v) is 2.32. The second-order valence-electron chi connectivity index (χ2n) is 4.92. The van der Waals surface area contributed by atoms with E-state index in [1.807, 2.05) is 19.1 Å². The first-order valence-electron chi connectivity index (χ1n) is 5.83. The fraction of sp³-hybridized carbons (Fsp3) is 0.462. The van der Waals surface area contributed by atoms with Crippen molar-refractivity contribution in [2.75, 3.05) is 6.54 Å². The van der Waals surface area contributed by atoms with Gasteiger partial charge in [-0.05, 0) is 49.9 Å². The molecule has 1 saturated carbocycles. The van der Waals surface area contributed by atoms with Gasteiger partial charge < -0.3 is 11.1 Å². The van der Waals surface area contributed by atoms with Crippen LogP contribution in [0.2, 0.25) is 5.02 Å². The number of amides is 1. The van der Waals surface area contributed by atoms with Gasteiger partial charge in [0, 0.05) is 22.7 Å². The molecule has 1 aromatic carbocycles. The summed E-state index contributed by atoms with van der Waals surface area (Å²) in [4.78, 5) is 11.9. The number of rotatable bonds is 3. The summed E-state index contributed by atoms with van der Waals surface area (Å²) < 4.78 is 0. The number of hydrogen-bond donors (Lipinski definition) is 2. The highest BCUT2D eigenvalue weighted by Crippen LogP contribution is 2.28. The minimum Gasteiger partial charge on any atom is -0.350 e. The third-order valence-corrected chi connectivity index (χ3v) is 3.47. The van der Waals surface area contributed by atoms with Gasteiger partial charge in [0.05, 0.1) is 0 Å². The van der Waals surface area contributed by atoms with Gasteiger partial charge in [0.15, 0.2) is 0 Å². The lowest BCUT2D eigenvalue weighted by atomic mass is 9.78. The predicted molar refractivity (Wildman–Crippen MR) is 76.5 cm³/mol. The maximum Gasteiger partial charge on any atom is 0.251 e. The van der Waals surface area contributed by atoms with Gasteiger partial charge in [-0.25, -0.2) is 0 Å². The maximum atomic E-state index is 11.9. The Morgan fingerprint density at radius 1 is 1.44 bits per heavy atom. The lowest BCUT2D eigenvalue weighted by Gasteiger charge is -2.38. The van der Waals surface area contributed by atoms with Crippen LogP contribution in [0.4, 0.5) is 0 Å². The van der Waals surface area contributed by atoms with Crippen LogP contribution in [0.15, 0.2) is 18.2 Å². The molecule has 18 heavy (non-hydrogen) atoms. The molecule has 0 saturated heterocycles. The van der Waals surface area contributed by atoms with Gasteiger partial charge in [-0.2, -0.15) is 0 Å². The van der Waals surface area contributed by atoms with Gasteiger partial charge in [-0.15, -0.1) is 12.4 Å². The fourth-order valence-electron chi connectivity index (χ4n) is 2.03. The Kier molecular flexibility index (Phi) is 5.02. The summed E-state index contributed by atoms with van der Waals surface area (Å²) in [5.74, 6) is -0.104. The van der Waals surface area contributed by atoms with Gasteiger partial charge >= 0.3 is 0 Å². The molecule has 100 valence electrons. The van der Waals surface area contributed by atoms with Crippen molar-refractivity contribution in [3.8, 4) is 0 Å². The Morgan fingerprint density at radius 3 is 2.61 bits per heavy atom. The molecule has 0 aliphatic heterocycles. The van der Waals surface area contributed by atoms with E-state index in [1.54, 1.807) is 6.07 Å². The maximum absolute atomic E-state index is 11.9. The number of aryl methyl sites for hydroxylation is 1. The van der Waals surface area contributed by atoms with Gasteiger partial charge in [0.1, 0.15) is 0 Å². The molecule has 2 rings (SSSR count). The van der Waals surface area contributed by atoms with Crippen molar-refractivity contribution < 1.29 is 4.79 Å². The average Bonchev–Trinajstić information content (AvgIpc) is 2.22. The van der Waals surface area contributed by atoms with Crippen LogP contribution in [0.1, 0.15) is 35.2 Å². The normalized spacial score (nSPS) is 16.4. The van der Waals surface area contributed by atoms with Gasteiger partial charge in [-0.1, -0.05) is 11.6 Å². The molecule has 1 fully saturated rings. The third-order valence-electron chi connectivity index (χ3n) is 3.25. The van der Waals surface area contributed by atoms with E-state index in [1.165, 1.54) is 0 Å². The van der Waals surface area contributed by atoms with Crippen molar-refractivity contribution in [2.24, 2.45) is 5.73 Å². The summed E-state index contributed by atoms with van der Waals surface area (Å²) in [5.41, 5.74) is 7.43. The van der Waals surface area contributed by atoms with Gasteiger partial charge in [0.2, 0.25) is 0 Å². The molecular formula is C13H18Cl2N2O. The number of nitrogens with one attached hydrogen (secondary N) is 1. The molecule has 1 aromatic rings. The number of halogens is 2. The van der Waals surface area contributed by atoms with Crippen molar-refractivity contribution in [2.45, 2.75) is 31.7 Å². The van der Waals surface area contributed by atoms with Crippen molar-refractivity contribution in [1.82, 2.24) is 5.32 Å². The van der Waals surface area contributed by atoms with E-state index < -0.39 is 0 Å². The minimum atomic E-state index is -0.191. The summed E-state index contributed by atoms with van der Waals surface area (Å²) in [6, 6.07) is 5.33. The number of carbonyl (C=O) groups is 1. The van der Waals surface area contributed by atoms with Crippen LogP contribution < -0.4 is 11.1 Å². The molecule has 0 unspecified atom stereocenters. The molecule has 5 heteroatoms. The summed E-state index contributed by atoms with van der Waals surface area (Å²) >= 11 is 5.92. The van der Waals surface area contributed by atoms with Crippen LogP contribution in [0, 0.1) is 6.92 Å². The number of nitrogens with two attached hydrogens (primary N) is 1. The first-order valence-corrected chi connectivity index (χ1v) is 6.21. The second kappa shape index (κ2) is 5.91. The zero-order valence-electron chi connectivity index (χ0n) is 10.3. The SMILES string of the molecule is Cc1cc(Cl)cc(C(=O)NCC2(N)CCC2)c1.Cl. The molecular weight excluding hydrogens is 271 g/mol. The average molecular weight is 289 g/mol. The standard InChI is InChI=1S/C13H17ClN2O.ClH/c1-9-5-10(7-11(14)6-9)12(17)16-8-13(15)3-2-4-13;/h5-7H,2-4,8,15H2,1H3,(H,16,17);1H. The highest BCUT2D eigenvalue weighted by Gasteiger charge is 2.32. The highest BCUT2D eigenvalue weighted by molar-refractivity contribution is 6.31. The van der Waals surface area contributed by atoms with Crippen LogP contribution >= 0.6 is 24.0 Å². The molecule has 0 spiro atoms. The zero-order valence-corrected chi connectivity index (χ0v) is 11.9. The molecule has 0 radical (unpaired) electrons. The highest BCUT2D eigenvalue weighted by atomic mass is 35.5. The van der Waals surface area contributed by atoms with Crippen molar-refractivity contribution in [3.05, 3.63) is 34.3 Å². The largest absolute Gasteiger partial charge is 0.350 e. The molecule has 1 aliphatic carbocycles. The Bertz CT molecular complexity index is 424. The Balaban J connectivity index is 0.00000162. The Hall–Kier alpha value is -0.770. The first kappa shape index (κ1) is 15.3. The lowest BCUT2D eigenvalue weighted by molar-refractivity contribution is 0.0929. The van der Waals surface area contributed by atoms with Crippen LogP contribution in [0.25, 0.3) is 0 Å². The van der Waals surface area contributed by atoms with E-state index in [0.717, 1.165) is 24.8 Å². The van der Waals surface area contributed by atoms with E-state index in [0.29, 0.717) is 17.1 Å². The molecule has 0 atom stereocenters. The zero-order chi connectivity index (χ0) is 12.5. The molecule has 0 heterocycles. The minimum absolute atomic E-state index is 0. The Labute approximate surface area is 118 Å². The molecule has 0 aromatic heterocycles. The van der Waals surface area contributed by atoms with Gasteiger partial charge in [-0.3, -0.25) is 4.79 Å². The molecule has 3 N–H and O–H groups in total. The number of carbonyl (C=O) groups excluding carboxylic acids is 1. The summed E-state index contributed by atoms with van der Waals surface area (Å²) in [6.45, 7) is 2.45. The van der Waals surface area contributed by atoms with Crippen LogP contribution in [0.5, 0.6) is 0 Å². The number of hydrogen-bond acceptors (Lipinski definition) is 2. The van der Waals surface area contributed by atoms with E-state index in [4.69, 9.17) is 17.3 Å². The smallest absolute Gasteiger partial charge is 0.251 e. The van der Waals surface area contributed by atoms with Crippen molar-refractivity contribution in [1.29, 1.82) is 0 Å². The summed E-state index contributed by atoms with van der Waals surface area (Å²) in [7, 11) is 0. The van der Waals surface area contributed by atoms with Crippen molar-refractivity contribution >= 4 is 29.9 Å². The Morgan fingerprint density at radius 2 is 2.11 bits per heavy atom. The van der Waals surface area contributed by atoms with Crippen LogP contribution in [-0.4, -0.2) is 18.0 Å². The van der Waals surface area contributed by atoms with E-state index >= 15 is 0 Å². The van der Waals surface area contributed by atoms with Crippen LogP contribution in [-0.2, 0) is 0 Å². The summed E-state index contributed by atoms with van der Waals surface area (Å²) in [6.07, 6.45) is 3.13. The monoisotopic (exact) mass is 288 g/mol. The molecule has 3 nitrogen and oxygen atoms in total. The summed E-state index contributed by atoms with van der Waals surface area (Å²) in [5, 5.41) is 3.46. The molecule has 0 bridgehead atoms. The topological polar surface area (TPSA) is 55.1 Å².